The highest BCUT2D eigenvalue weighted by Crippen LogP contribution is 2.51. The fourth-order valence-corrected chi connectivity index (χ4v) is 23.6. The number of Topliss-reactive ketones (excluding diaryl/α,β-unsaturated/α-hetero) is 1. The Kier molecular flexibility index (Phi) is 24.3. The summed E-state index contributed by atoms with van der Waals surface area (Å²) in [7, 11) is -5.29. The van der Waals surface area contributed by atoms with E-state index in [9.17, 15) is 19.5 Å². The van der Waals surface area contributed by atoms with Crippen molar-refractivity contribution in [3.8, 4) is 0 Å². The molecule has 0 bridgehead atoms. The van der Waals surface area contributed by atoms with Crippen LogP contribution in [0, 0.1) is 11.8 Å². The molecule has 5 rings (SSSR count). The van der Waals surface area contributed by atoms with Crippen molar-refractivity contribution in [3.05, 3.63) is 48.0 Å². The zero-order chi connectivity index (χ0) is 59.8. The highest BCUT2D eigenvalue weighted by Gasteiger charge is 2.57. The fourth-order valence-electron chi connectivity index (χ4n) is 13.9. The molecule has 0 aliphatic carbocycles. The van der Waals surface area contributed by atoms with Crippen LogP contribution in [0.4, 0.5) is 0 Å². The standard InChI is InChI=1S/C63H110O14Si3/c1-21-79(22-2,23-3)77-61(17)35-54(73-63(41-61)37-53(70-48(13)64)31-51(72-63)34-58(66)76-80(42(4)5,43(6)7)44(8)9)29-45(10)46(11)59(67)47(12)57(65)33-50-30-52(68-18)36-62(71-50)38-55(75-78(19,20)60(14,15)16)32-56(74-62)40-69-39-49-27-25-24-26-28-49/h24-28,42-44,46-47,50-56,59,67H,10,21-23,29-41H2,1-9,11-20H3/t46-,47-,50+,51-,52+,53+,54+,55+,56-,59+,61+,62-,63-/m1/s1. The number of rotatable bonds is 27. The molecule has 80 heavy (non-hydrogen) atoms. The Morgan fingerprint density at radius 3 is 1.81 bits per heavy atom. The van der Waals surface area contributed by atoms with Gasteiger partial charge in [-0.05, 0) is 71.8 Å². The topological polar surface area (TPSA) is 164 Å². The Morgan fingerprint density at radius 1 is 0.725 bits per heavy atom. The van der Waals surface area contributed by atoms with Gasteiger partial charge in [0.25, 0.3) is 14.3 Å². The summed E-state index contributed by atoms with van der Waals surface area (Å²) in [6.45, 7) is 43.5. The molecule has 14 nitrogen and oxygen atoms in total. The number of aliphatic hydroxyl groups excluding tert-OH is 1. The highest BCUT2D eigenvalue weighted by molar-refractivity contribution is 6.79. The molecule has 1 aromatic carbocycles. The van der Waals surface area contributed by atoms with E-state index in [4.69, 9.17) is 46.4 Å². The summed E-state index contributed by atoms with van der Waals surface area (Å²) in [5, 5.41) is 12.2. The number of hydrogen-bond acceptors (Lipinski definition) is 14. The van der Waals surface area contributed by atoms with Gasteiger partial charge >= 0.3 is 5.97 Å². The minimum Gasteiger partial charge on any atom is -0.518 e. The Hall–Kier alpha value is -2.14. The number of ether oxygens (including phenoxy) is 7. The molecule has 4 aliphatic rings. The number of benzene rings is 1. The molecule has 2 spiro atoms. The lowest BCUT2D eigenvalue weighted by Gasteiger charge is -2.55. The van der Waals surface area contributed by atoms with Gasteiger partial charge in [-0.25, -0.2) is 0 Å². The van der Waals surface area contributed by atoms with Gasteiger partial charge < -0.3 is 51.5 Å². The lowest BCUT2D eigenvalue weighted by Crippen LogP contribution is -2.61. The molecule has 4 saturated heterocycles. The van der Waals surface area contributed by atoms with Crippen molar-refractivity contribution >= 4 is 42.7 Å². The van der Waals surface area contributed by atoms with Gasteiger partial charge in [0.1, 0.15) is 11.9 Å². The predicted molar refractivity (Wildman–Crippen MR) is 323 cm³/mol. The lowest BCUT2D eigenvalue weighted by molar-refractivity contribution is -0.347. The van der Waals surface area contributed by atoms with E-state index < -0.39 is 90.5 Å². The Balaban J connectivity index is 1.35. The van der Waals surface area contributed by atoms with Gasteiger partial charge in [0, 0.05) is 83.7 Å². The first-order valence-electron chi connectivity index (χ1n) is 30.7. The fraction of sp³-hybridized carbons (Fsp3) is 0.825. The van der Waals surface area contributed by atoms with Crippen molar-refractivity contribution in [2.75, 3.05) is 13.7 Å². The summed E-state index contributed by atoms with van der Waals surface area (Å²) in [6.07, 6.45) is 0.102. The minimum atomic E-state index is -2.56. The monoisotopic (exact) mass is 1170 g/mol. The zero-order valence-electron chi connectivity index (χ0n) is 53.2. The largest absolute Gasteiger partial charge is 0.518 e. The first-order chi connectivity index (χ1) is 37.2. The third kappa shape index (κ3) is 17.5. The van der Waals surface area contributed by atoms with Crippen molar-refractivity contribution in [1.82, 2.24) is 0 Å². The second kappa shape index (κ2) is 28.4. The number of carbonyl (C=O) groups excluding carboxylic acids is 3. The summed E-state index contributed by atoms with van der Waals surface area (Å²) < 4.78 is 67.7. The van der Waals surface area contributed by atoms with Crippen molar-refractivity contribution in [2.24, 2.45) is 11.8 Å². The second-order valence-electron chi connectivity index (χ2n) is 27.5. The summed E-state index contributed by atoms with van der Waals surface area (Å²) in [6, 6.07) is 12.9. The van der Waals surface area contributed by atoms with E-state index in [2.05, 4.69) is 110 Å². The van der Waals surface area contributed by atoms with Crippen LogP contribution in [-0.2, 0) is 67.4 Å². The van der Waals surface area contributed by atoms with E-state index >= 15 is 0 Å². The van der Waals surface area contributed by atoms with E-state index in [1.807, 2.05) is 37.3 Å². The molecule has 0 amide bonds. The zero-order valence-corrected chi connectivity index (χ0v) is 56.2. The SMILES string of the molecule is C=C(C[C@H]1C[C@](C)(O[Si](CC)(CC)CC)C[C@@]2(C[C@@H](OC(C)=O)C[C@H](CC(=O)O[Si](C(C)C)(C(C)C)C(C)C)O2)O1)[C@@H](C)[C@H](O)[C@H](C)C(=O)C[C@@H]1C[C@H](OC)C[C@@]2(C[C@@H](O[Si](C)(C)C(C)(C)C)C[C@H](COCc3ccccc3)O2)O1. The van der Waals surface area contributed by atoms with E-state index in [-0.39, 0.29) is 71.0 Å². The number of hydrogen-bond donors (Lipinski definition) is 1. The third-order valence-electron chi connectivity index (χ3n) is 19.3. The summed E-state index contributed by atoms with van der Waals surface area (Å²) in [5.41, 5.74) is 1.73. The smallest absolute Gasteiger partial charge is 0.302 e. The molecular weight excluding hydrogens is 1060 g/mol. The van der Waals surface area contributed by atoms with Crippen LogP contribution in [0.1, 0.15) is 187 Å². The Morgan fingerprint density at radius 2 is 1.25 bits per heavy atom. The minimum absolute atomic E-state index is 0.00569. The van der Waals surface area contributed by atoms with E-state index in [1.165, 1.54) is 6.92 Å². The normalized spacial score (nSPS) is 30.2. The second-order valence-corrected chi connectivity index (χ2v) is 42.3. The van der Waals surface area contributed by atoms with Gasteiger partial charge in [-0.2, -0.15) is 0 Å². The van der Waals surface area contributed by atoms with Crippen LogP contribution in [0.25, 0.3) is 0 Å². The number of carbonyl (C=O) groups is 3. The van der Waals surface area contributed by atoms with Gasteiger partial charge in [0.05, 0.1) is 68.0 Å². The van der Waals surface area contributed by atoms with Crippen LogP contribution in [0.15, 0.2) is 42.5 Å². The van der Waals surface area contributed by atoms with Gasteiger partial charge in [-0.3, -0.25) is 14.4 Å². The molecule has 13 atom stereocenters. The third-order valence-corrected chi connectivity index (χ3v) is 34.6. The maximum Gasteiger partial charge on any atom is 0.302 e. The molecular formula is C63H110O14Si3. The molecule has 458 valence electrons. The first-order valence-corrected chi connectivity index (χ1v) is 38.3. The van der Waals surface area contributed by atoms with Gasteiger partial charge in [0.2, 0.25) is 0 Å². The highest BCUT2D eigenvalue weighted by atomic mass is 28.4. The van der Waals surface area contributed by atoms with Crippen molar-refractivity contribution in [2.45, 2.75) is 307 Å². The molecule has 1 aromatic rings. The molecule has 17 heteroatoms. The van der Waals surface area contributed by atoms with Crippen LogP contribution in [0.5, 0.6) is 0 Å². The molecule has 1 N–H and O–H groups in total. The summed E-state index contributed by atoms with van der Waals surface area (Å²) in [5.74, 6) is -4.41. The predicted octanol–water partition coefficient (Wildman–Crippen LogP) is 14.1. The van der Waals surface area contributed by atoms with Crippen molar-refractivity contribution in [3.63, 3.8) is 0 Å². The maximum atomic E-state index is 14.5. The molecule has 0 unspecified atom stereocenters. The Labute approximate surface area is 486 Å². The average Bonchev–Trinajstić information content (AvgIpc) is 3.41. The average molecular weight is 1180 g/mol. The van der Waals surface area contributed by atoms with E-state index in [0.717, 1.165) is 29.3 Å². The first kappa shape index (κ1) is 68.6. The molecule has 0 radical (unpaired) electrons. The van der Waals surface area contributed by atoms with Gasteiger partial charge in [-0.15, -0.1) is 0 Å². The molecule has 4 heterocycles. The number of ketones is 1. The quantitative estimate of drug-likeness (QED) is 0.0503. The Bertz CT molecular complexity index is 2130. The lowest BCUT2D eigenvalue weighted by atomic mass is 9.78. The number of esters is 1. The number of methoxy groups -OCH3 is 1. The maximum absolute atomic E-state index is 14.5. The van der Waals surface area contributed by atoms with E-state index in [1.54, 1.807) is 14.0 Å². The van der Waals surface area contributed by atoms with Crippen molar-refractivity contribution < 1.29 is 65.9 Å². The van der Waals surface area contributed by atoms with Crippen LogP contribution < -0.4 is 0 Å². The molecule has 4 aliphatic heterocycles. The van der Waals surface area contributed by atoms with Crippen LogP contribution in [-0.4, -0.2) is 128 Å². The number of aliphatic hydroxyl groups is 1. The van der Waals surface area contributed by atoms with Crippen molar-refractivity contribution in [1.29, 1.82) is 0 Å². The van der Waals surface area contributed by atoms with Gasteiger partial charge in [0.15, 0.2) is 28.2 Å². The van der Waals surface area contributed by atoms with Crippen LogP contribution in [0.2, 0.25) is 52.9 Å². The van der Waals surface area contributed by atoms with E-state index in [0.29, 0.717) is 64.6 Å². The van der Waals surface area contributed by atoms with Crippen LogP contribution in [0.3, 0.4) is 0 Å². The molecule has 0 saturated carbocycles. The summed E-state index contributed by atoms with van der Waals surface area (Å²) >= 11 is 0. The molecule has 4 fully saturated rings. The van der Waals surface area contributed by atoms with Crippen LogP contribution >= 0.6 is 0 Å². The van der Waals surface area contributed by atoms with Gasteiger partial charge in [-0.1, -0.05) is 139 Å². The summed E-state index contributed by atoms with van der Waals surface area (Å²) in [4.78, 5) is 41.4. The molecule has 0 aromatic heterocycles.